The smallest absolute Gasteiger partial charge is 0.271 e. The fraction of sp³-hybridized carbons (Fsp3) is 0.444. The first-order valence-electron chi connectivity index (χ1n) is 5.02. The van der Waals surface area contributed by atoms with Crippen LogP contribution in [0.15, 0.2) is 24.5 Å². The van der Waals surface area contributed by atoms with Crippen LogP contribution < -0.4 is 4.57 Å². The summed E-state index contributed by atoms with van der Waals surface area (Å²) in [5, 5.41) is 0. The van der Waals surface area contributed by atoms with Crippen molar-refractivity contribution in [2.75, 3.05) is 11.5 Å². The van der Waals surface area contributed by atoms with E-state index < -0.39 is 31.7 Å². The number of nitrogens with zero attached hydrogens (tertiary/aromatic N) is 1. The molecule has 0 spiro atoms. The number of pyridine rings is 1. The van der Waals surface area contributed by atoms with E-state index in [2.05, 4.69) is 0 Å². The molecule has 1 N–H and O–H groups in total. The summed E-state index contributed by atoms with van der Waals surface area (Å²) in [4.78, 5) is 0. The van der Waals surface area contributed by atoms with Gasteiger partial charge < -0.3 is 4.55 Å². The van der Waals surface area contributed by atoms with E-state index in [9.17, 15) is 21.4 Å². The Labute approximate surface area is 106 Å². The van der Waals surface area contributed by atoms with Crippen LogP contribution in [-0.4, -0.2) is 37.4 Å². The summed E-state index contributed by atoms with van der Waals surface area (Å²) >= 11 is 0. The number of hydrogen-bond donors (Lipinski definition) is 1. The summed E-state index contributed by atoms with van der Waals surface area (Å²) in [7, 11) is -8.23. The van der Waals surface area contributed by atoms with E-state index in [1.54, 1.807) is 24.5 Å². The van der Waals surface area contributed by atoms with Gasteiger partial charge in [0.15, 0.2) is 18.9 Å². The molecule has 0 aliphatic carbocycles. The zero-order chi connectivity index (χ0) is 13.8. The van der Waals surface area contributed by atoms with Crippen LogP contribution in [0.2, 0.25) is 0 Å². The average molecular weight is 295 g/mol. The molecule has 0 saturated heterocycles. The molecule has 0 aliphatic heterocycles. The molecule has 9 heteroatoms. The highest BCUT2D eigenvalue weighted by Crippen LogP contribution is 1.99. The summed E-state index contributed by atoms with van der Waals surface area (Å²) in [6.07, 6.45) is 3.22. The van der Waals surface area contributed by atoms with Gasteiger partial charge in [-0.15, -0.1) is 0 Å². The molecule has 0 amide bonds. The zero-order valence-electron chi connectivity index (χ0n) is 9.39. The van der Waals surface area contributed by atoms with E-state index in [0.717, 1.165) is 0 Å². The molecule has 0 aromatic carbocycles. The van der Waals surface area contributed by atoms with Crippen LogP contribution in [-0.2, 0) is 33.2 Å². The molecule has 0 bridgehead atoms. The Morgan fingerprint density at radius 1 is 1.11 bits per heavy atom. The first-order chi connectivity index (χ1) is 8.16. The second-order valence-corrected chi connectivity index (χ2v) is 6.84. The molecule has 0 radical (unpaired) electrons. The van der Waals surface area contributed by atoms with Gasteiger partial charge in [0.25, 0.3) is 10.1 Å². The van der Waals surface area contributed by atoms with Crippen LogP contribution >= 0.6 is 0 Å². The Balaban J connectivity index is 2.58. The van der Waals surface area contributed by atoms with Crippen molar-refractivity contribution >= 4 is 20.2 Å². The third-order valence-electron chi connectivity index (χ3n) is 2.21. The molecule has 102 valence electrons. The summed E-state index contributed by atoms with van der Waals surface area (Å²) in [5.41, 5.74) is 0.664. The summed E-state index contributed by atoms with van der Waals surface area (Å²) < 4.78 is 62.4. The lowest BCUT2D eigenvalue weighted by Gasteiger charge is -2.05. The van der Waals surface area contributed by atoms with Crippen molar-refractivity contribution in [2.45, 2.75) is 13.0 Å². The van der Waals surface area contributed by atoms with Crippen LogP contribution in [0, 0.1) is 0 Å². The predicted octanol–water partition coefficient (Wildman–Crippen LogP) is -1.05. The van der Waals surface area contributed by atoms with Gasteiger partial charge in [-0.1, -0.05) is 0 Å². The molecule has 18 heavy (non-hydrogen) atoms. The Morgan fingerprint density at radius 2 is 1.67 bits per heavy atom. The van der Waals surface area contributed by atoms with Gasteiger partial charge in [0.2, 0.25) is 0 Å². The van der Waals surface area contributed by atoms with E-state index in [4.69, 9.17) is 4.55 Å². The van der Waals surface area contributed by atoms with E-state index >= 15 is 0 Å². The lowest BCUT2D eigenvalue weighted by atomic mass is 10.2. The van der Waals surface area contributed by atoms with Crippen LogP contribution in [0.1, 0.15) is 5.56 Å². The normalized spacial score (nSPS) is 12.6. The third kappa shape index (κ3) is 6.64. The number of rotatable bonds is 6. The fourth-order valence-corrected chi connectivity index (χ4v) is 2.19. The Hall–Kier alpha value is -1.03. The van der Waals surface area contributed by atoms with Gasteiger partial charge in [0.05, 0.1) is 10.1 Å². The Morgan fingerprint density at radius 3 is 2.11 bits per heavy atom. The quantitative estimate of drug-likeness (QED) is 0.529. The summed E-state index contributed by atoms with van der Waals surface area (Å²) in [6.45, 7) is 0.0962. The lowest BCUT2D eigenvalue weighted by Crippen LogP contribution is -2.36. The largest absolute Gasteiger partial charge is 0.748 e. The second-order valence-electron chi connectivity index (χ2n) is 3.74. The van der Waals surface area contributed by atoms with Crippen LogP contribution in [0.3, 0.4) is 0 Å². The molecular weight excluding hydrogens is 282 g/mol. The van der Waals surface area contributed by atoms with Gasteiger partial charge in [-0.3, -0.25) is 4.55 Å². The Kier molecular flexibility index (Phi) is 4.79. The number of aromatic nitrogens is 1. The standard InChI is InChI=1S/C9H13NO6S2/c11-17(12,13)7-3-9-1-4-10(5-2-9)6-8-18(14,15)16/h1-2,4-5H,3,6-8H2,(H-,11,12,13,14,15,16). The molecule has 1 aromatic heterocycles. The van der Waals surface area contributed by atoms with Crippen molar-refractivity contribution in [1.29, 1.82) is 0 Å². The van der Waals surface area contributed by atoms with E-state index in [-0.39, 0.29) is 13.0 Å². The molecule has 0 atom stereocenters. The highest BCUT2D eigenvalue weighted by molar-refractivity contribution is 7.85. The maximum Gasteiger partial charge on any atom is 0.271 e. The molecule has 0 saturated carbocycles. The minimum Gasteiger partial charge on any atom is -0.748 e. The van der Waals surface area contributed by atoms with Crippen molar-refractivity contribution in [3.63, 3.8) is 0 Å². The summed E-state index contributed by atoms with van der Waals surface area (Å²) in [6, 6.07) is 3.18. The molecule has 1 heterocycles. The molecule has 1 rings (SSSR count). The highest BCUT2D eigenvalue weighted by Gasteiger charge is 2.09. The molecule has 1 aromatic rings. The molecule has 7 nitrogen and oxygen atoms in total. The van der Waals surface area contributed by atoms with Crippen LogP contribution in [0.5, 0.6) is 0 Å². The van der Waals surface area contributed by atoms with Crippen molar-refractivity contribution in [1.82, 2.24) is 0 Å². The average Bonchev–Trinajstić information content (AvgIpc) is 2.23. The minimum atomic E-state index is -4.23. The van der Waals surface area contributed by atoms with Gasteiger partial charge in [-0.05, 0) is 12.0 Å². The summed E-state index contributed by atoms with van der Waals surface area (Å²) in [5.74, 6) is -0.867. The first-order valence-corrected chi connectivity index (χ1v) is 8.21. The minimum absolute atomic E-state index is 0.0962. The number of aryl methyl sites for hydroxylation is 2. The first kappa shape index (κ1) is 15.0. The van der Waals surface area contributed by atoms with Gasteiger partial charge in [0.1, 0.15) is 5.75 Å². The number of hydrogen-bond acceptors (Lipinski definition) is 5. The molecule has 0 unspecified atom stereocenters. The van der Waals surface area contributed by atoms with Crippen molar-refractivity contribution in [3.05, 3.63) is 30.1 Å². The fourth-order valence-electron chi connectivity index (χ4n) is 1.27. The molecule has 0 fully saturated rings. The lowest BCUT2D eigenvalue weighted by molar-refractivity contribution is -0.692. The molecular formula is C9H13NO6S2. The zero-order valence-corrected chi connectivity index (χ0v) is 11.0. The maximum absolute atomic E-state index is 10.5. The molecule has 0 aliphatic rings. The van der Waals surface area contributed by atoms with Crippen molar-refractivity contribution in [3.8, 4) is 0 Å². The van der Waals surface area contributed by atoms with Crippen molar-refractivity contribution in [2.24, 2.45) is 0 Å². The van der Waals surface area contributed by atoms with E-state index in [1.807, 2.05) is 0 Å². The van der Waals surface area contributed by atoms with E-state index in [1.165, 1.54) is 4.57 Å². The van der Waals surface area contributed by atoms with Gasteiger partial charge in [-0.2, -0.15) is 8.42 Å². The SMILES string of the molecule is O=S(=O)([O-])CCc1cc[n+](CCS(=O)(=O)O)cc1. The monoisotopic (exact) mass is 295 g/mol. The van der Waals surface area contributed by atoms with Crippen LogP contribution in [0.25, 0.3) is 0 Å². The highest BCUT2D eigenvalue weighted by atomic mass is 32.2. The predicted molar refractivity (Wildman–Crippen MR) is 61.3 cm³/mol. The van der Waals surface area contributed by atoms with Gasteiger partial charge in [-0.25, -0.2) is 13.0 Å². The van der Waals surface area contributed by atoms with E-state index in [0.29, 0.717) is 5.56 Å². The third-order valence-corrected chi connectivity index (χ3v) is 3.61. The maximum atomic E-state index is 10.5. The topological polar surface area (TPSA) is 115 Å². The van der Waals surface area contributed by atoms with Crippen molar-refractivity contribution < 1.29 is 30.5 Å². The van der Waals surface area contributed by atoms with Gasteiger partial charge >= 0.3 is 0 Å². The van der Waals surface area contributed by atoms with Crippen LogP contribution in [0.4, 0.5) is 0 Å². The second kappa shape index (κ2) is 5.74. The Bertz CT molecular complexity index is 535. The van der Waals surface area contributed by atoms with Gasteiger partial charge in [0, 0.05) is 17.9 Å².